The zero-order valence-corrected chi connectivity index (χ0v) is 19.8. The molecule has 8 heteroatoms. The van der Waals surface area contributed by atoms with Crippen LogP contribution in [0.5, 0.6) is 0 Å². The van der Waals surface area contributed by atoms with Crippen molar-refractivity contribution in [3.8, 4) is 17.1 Å². The minimum Gasteiger partial charge on any atom is -0.345 e. The van der Waals surface area contributed by atoms with Crippen molar-refractivity contribution in [2.75, 3.05) is 5.75 Å². The number of carbonyl (C=O) groups is 2. The number of benzene rings is 2. The van der Waals surface area contributed by atoms with Gasteiger partial charge in [0.15, 0.2) is 16.8 Å². The largest absolute Gasteiger partial charge is 0.345 e. The third-order valence-electron chi connectivity index (χ3n) is 5.35. The molecule has 0 aliphatic heterocycles. The van der Waals surface area contributed by atoms with Crippen molar-refractivity contribution in [1.29, 1.82) is 0 Å². The highest BCUT2D eigenvalue weighted by Crippen LogP contribution is 2.29. The third kappa shape index (κ3) is 5.58. The van der Waals surface area contributed by atoms with Crippen LogP contribution in [0.4, 0.5) is 0 Å². The van der Waals surface area contributed by atoms with Gasteiger partial charge in [0.05, 0.1) is 17.5 Å². The normalized spacial score (nSPS) is 11.7. The van der Waals surface area contributed by atoms with Gasteiger partial charge in [-0.25, -0.2) is 0 Å². The molecular weight excluding hydrogens is 446 g/mol. The van der Waals surface area contributed by atoms with Crippen LogP contribution in [0.25, 0.3) is 17.1 Å². The van der Waals surface area contributed by atoms with Crippen molar-refractivity contribution in [1.82, 2.24) is 25.1 Å². The summed E-state index contributed by atoms with van der Waals surface area (Å²) in [6, 6.07) is 20.8. The number of aryl methyl sites for hydroxylation is 1. The Morgan fingerprint density at radius 1 is 1.00 bits per heavy atom. The monoisotopic (exact) mass is 471 g/mol. The highest BCUT2D eigenvalue weighted by molar-refractivity contribution is 7.99. The number of amides is 1. The van der Waals surface area contributed by atoms with Gasteiger partial charge in [-0.15, -0.1) is 10.2 Å². The predicted octanol–water partition coefficient (Wildman–Crippen LogP) is 4.05. The van der Waals surface area contributed by atoms with Crippen LogP contribution in [-0.2, 0) is 16.0 Å². The number of thioether (sulfide) groups is 1. The summed E-state index contributed by atoms with van der Waals surface area (Å²) in [4.78, 5) is 29.1. The summed E-state index contributed by atoms with van der Waals surface area (Å²) < 4.78 is 1.94. The van der Waals surface area contributed by atoms with Gasteiger partial charge in [-0.3, -0.25) is 19.1 Å². The molecule has 2 heterocycles. The van der Waals surface area contributed by atoms with Crippen molar-refractivity contribution in [3.05, 3.63) is 90.3 Å². The van der Waals surface area contributed by atoms with E-state index >= 15 is 0 Å². The van der Waals surface area contributed by atoms with Gasteiger partial charge in [-0.1, -0.05) is 60.3 Å². The molecule has 172 valence electrons. The van der Waals surface area contributed by atoms with Gasteiger partial charge in [0.25, 0.3) is 0 Å². The number of pyridine rings is 1. The number of carbonyl (C=O) groups excluding carboxylic acids is 2. The number of para-hydroxylation sites is 1. The molecule has 4 aromatic rings. The van der Waals surface area contributed by atoms with E-state index in [2.05, 4.69) is 20.5 Å². The average Bonchev–Trinajstić information content (AvgIpc) is 3.27. The van der Waals surface area contributed by atoms with Crippen LogP contribution in [-0.4, -0.2) is 43.2 Å². The number of ketones is 1. The SMILES string of the molecule is CC(=O)C(Cc1ccccc1)NC(=O)CSc1nnc(-c2cccnc2)n1-c1ccccc1C. The van der Waals surface area contributed by atoms with Crippen LogP contribution in [0.15, 0.2) is 84.3 Å². The molecule has 0 aliphatic rings. The molecule has 0 fully saturated rings. The topological polar surface area (TPSA) is 89.8 Å². The number of hydrogen-bond acceptors (Lipinski definition) is 6. The van der Waals surface area contributed by atoms with Crippen molar-refractivity contribution in [2.24, 2.45) is 0 Å². The molecule has 2 aromatic heterocycles. The maximum Gasteiger partial charge on any atom is 0.231 e. The standard InChI is InChI=1S/C26H25N5O2S/c1-18-9-6-7-13-23(18)31-25(21-12-8-14-27-16-21)29-30-26(31)34-17-24(33)28-22(19(2)32)15-20-10-4-3-5-11-20/h3-14,16,22H,15,17H2,1-2H3,(H,28,33). The number of rotatable bonds is 9. The highest BCUT2D eigenvalue weighted by atomic mass is 32.2. The summed E-state index contributed by atoms with van der Waals surface area (Å²) in [5.74, 6) is 0.443. The fraction of sp³-hybridized carbons (Fsp3) is 0.192. The van der Waals surface area contributed by atoms with E-state index in [0.29, 0.717) is 17.4 Å². The molecule has 1 amide bonds. The first-order valence-corrected chi connectivity index (χ1v) is 11.9. The smallest absolute Gasteiger partial charge is 0.231 e. The van der Waals surface area contributed by atoms with Crippen molar-refractivity contribution >= 4 is 23.5 Å². The van der Waals surface area contributed by atoms with Crippen LogP contribution in [0.2, 0.25) is 0 Å². The van der Waals surface area contributed by atoms with E-state index in [9.17, 15) is 9.59 Å². The Kier molecular flexibility index (Phi) is 7.49. The fourth-order valence-corrected chi connectivity index (χ4v) is 4.35. The zero-order chi connectivity index (χ0) is 23.9. The Hall–Kier alpha value is -3.78. The molecule has 0 radical (unpaired) electrons. The van der Waals surface area contributed by atoms with E-state index in [1.54, 1.807) is 12.4 Å². The first kappa shape index (κ1) is 23.4. The van der Waals surface area contributed by atoms with Gasteiger partial charge in [-0.05, 0) is 49.6 Å². The second kappa shape index (κ2) is 10.9. The summed E-state index contributed by atoms with van der Waals surface area (Å²) in [5.41, 5.74) is 3.81. The van der Waals surface area contributed by atoms with E-state index in [0.717, 1.165) is 22.4 Å². The van der Waals surface area contributed by atoms with Gasteiger partial charge in [0.1, 0.15) is 0 Å². The van der Waals surface area contributed by atoms with Crippen molar-refractivity contribution in [2.45, 2.75) is 31.5 Å². The molecule has 7 nitrogen and oxygen atoms in total. The Morgan fingerprint density at radius 3 is 2.47 bits per heavy atom. The molecule has 1 N–H and O–H groups in total. The Balaban J connectivity index is 1.53. The second-order valence-corrected chi connectivity index (χ2v) is 8.82. The maximum atomic E-state index is 12.8. The molecule has 34 heavy (non-hydrogen) atoms. The quantitative estimate of drug-likeness (QED) is 0.371. The summed E-state index contributed by atoms with van der Waals surface area (Å²) in [7, 11) is 0. The van der Waals surface area contributed by atoms with Crippen LogP contribution in [0, 0.1) is 6.92 Å². The highest BCUT2D eigenvalue weighted by Gasteiger charge is 2.21. The molecule has 4 rings (SSSR count). The molecule has 0 saturated carbocycles. The average molecular weight is 472 g/mol. The molecule has 1 atom stereocenters. The van der Waals surface area contributed by atoms with Crippen molar-refractivity contribution < 1.29 is 9.59 Å². The van der Waals surface area contributed by atoms with E-state index < -0.39 is 6.04 Å². The molecule has 1 unspecified atom stereocenters. The number of aromatic nitrogens is 4. The summed E-state index contributed by atoms with van der Waals surface area (Å²) in [5, 5.41) is 12.2. The van der Waals surface area contributed by atoms with Gasteiger partial charge >= 0.3 is 0 Å². The van der Waals surface area contributed by atoms with Gasteiger partial charge < -0.3 is 5.32 Å². The lowest BCUT2D eigenvalue weighted by atomic mass is 10.0. The summed E-state index contributed by atoms with van der Waals surface area (Å²) >= 11 is 1.28. The lowest BCUT2D eigenvalue weighted by Gasteiger charge is -2.16. The van der Waals surface area contributed by atoms with Crippen LogP contribution < -0.4 is 5.32 Å². The summed E-state index contributed by atoms with van der Waals surface area (Å²) in [6.45, 7) is 3.51. The summed E-state index contributed by atoms with van der Waals surface area (Å²) in [6.07, 6.45) is 3.90. The fourth-order valence-electron chi connectivity index (χ4n) is 3.59. The first-order chi connectivity index (χ1) is 16.5. The molecular formula is C26H25N5O2S. The minimum atomic E-state index is -0.573. The number of nitrogens with zero attached hydrogens (tertiary/aromatic N) is 4. The van der Waals surface area contributed by atoms with Crippen LogP contribution in [0.3, 0.4) is 0 Å². The van der Waals surface area contributed by atoms with Crippen LogP contribution in [0.1, 0.15) is 18.1 Å². The first-order valence-electron chi connectivity index (χ1n) is 10.9. The number of Topliss-reactive ketones (excluding diaryl/α,β-unsaturated/α-hetero) is 1. The molecule has 2 aromatic carbocycles. The third-order valence-corrected chi connectivity index (χ3v) is 6.28. The van der Waals surface area contributed by atoms with Gasteiger partial charge in [0.2, 0.25) is 5.91 Å². The van der Waals surface area contributed by atoms with Gasteiger partial charge in [-0.2, -0.15) is 0 Å². The van der Waals surface area contributed by atoms with E-state index in [1.807, 2.05) is 78.2 Å². The minimum absolute atomic E-state index is 0.0795. The maximum absolute atomic E-state index is 12.8. The predicted molar refractivity (Wildman–Crippen MR) is 133 cm³/mol. The van der Waals surface area contributed by atoms with E-state index in [4.69, 9.17) is 0 Å². The van der Waals surface area contributed by atoms with Crippen molar-refractivity contribution in [3.63, 3.8) is 0 Å². The number of nitrogens with one attached hydrogen (secondary N) is 1. The van der Waals surface area contributed by atoms with E-state index in [1.165, 1.54) is 18.7 Å². The molecule has 0 bridgehead atoms. The second-order valence-electron chi connectivity index (χ2n) is 7.88. The lowest BCUT2D eigenvalue weighted by molar-refractivity contribution is -0.125. The zero-order valence-electron chi connectivity index (χ0n) is 19.0. The molecule has 0 aliphatic carbocycles. The Labute approximate surface area is 202 Å². The van der Waals surface area contributed by atoms with Gasteiger partial charge in [0, 0.05) is 18.0 Å². The lowest BCUT2D eigenvalue weighted by Crippen LogP contribution is -2.42. The number of hydrogen-bond donors (Lipinski definition) is 1. The molecule has 0 spiro atoms. The Morgan fingerprint density at radius 2 is 1.76 bits per heavy atom. The Bertz CT molecular complexity index is 1270. The molecule has 0 saturated heterocycles. The van der Waals surface area contributed by atoms with E-state index in [-0.39, 0.29) is 17.4 Å². The van der Waals surface area contributed by atoms with Crippen LogP contribution >= 0.6 is 11.8 Å².